The molecule has 184 valence electrons. The number of amides is 4. The van der Waals surface area contributed by atoms with E-state index in [1.165, 1.54) is 20.2 Å². The zero-order chi connectivity index (χ0) is 25.6. The molecular formula is C26H24N4O6. The maximum Gasteiger partial charge on any atom is 0.323 e. The van der Waals surface area contributed by atoms with Crippen molar-refractivity contribution < 1.29 is 28.7 Å². The third-order valence-corrected chi connectivity index (χ3v) is 6.91. The number of ether oxygens (including phenoxy) is 1. The topological polar surface area (TPSA) is 125 Å². The van der Waals surface area contributed by atoms with Crippen LogP contribution in [0.1, 0.15) is 17.2 Å². The number of fused-ring (bicyclic) bond motifs is 1. The predicted molar refractivity (Wildman–Crippen MR) is 127 cm³/mol. The summed E-state index contributed by atoms with van der Waals surface area (Å²) >= 11 is 0. The molecule has 0 spiro atoms. The van der Waals surface area contributed by atoms with Gasteiger partial charge in [-0.05, 0) is 17.2 Å². The number of esters is 1. The van der Waals surface area contributed by atoms with Crippen LogP contribution in [0.3, 0.4) is 0 Å². The van der Waals surface area contributed by atoms with Crippen LogP contribution < -0.4 is 10.6 Å². The number of rotatable bonds is 6. The van der Waals surface area contributed by atoms with Gasteiger partial charge < -0.3 is 10.1 Å². The van der Waals surface area contributed by atoms with Gasteiger partial charge in [0.05, 0.1) is 25.5 Å². The lowest BCUT2D eigenvalue weighted by Crippen LogP contribution is -2.42. The molecule has 3 heterocycles. The molecule has 10 heteroatoms. The van der Waals surface area contributed by atoms with E-state index in [4.69, 9.17) is 4.74 Å². The number of likely N-dealkylation sites (tertiary alicyclic amines) is 1. The number of nitrogens with zero attached hydrogens (tertiary/aromatic N) is 2. The lowest BCUT2D eigenvalue weighted by atomic mass is 9.86. The molecule has 2 aromatic rings. The van der Waals surface area contributed by atoms with E-state index in [-0.39, 0.29) is 12.2 Å². The molecule has 3 aliphatic rings. The first-order valence-corrected chi connectivity index (χ1v) is 11.4. The largest absolute Gasteiger partial charge is 0.468 e. The smallest absolute Gasteiger partial charge is 0.323 e. The third-order valence-electron chi connectivity index (χ3n) is 6.91. The number of carbonyl (C=O) groups excluding carboxylic acids is 5. The quantitative estimate of drug-likeness (QED) is 0.455. The van der Waals surface area contributed by atoms with Crippen molar-refractivity contribution in [2.75, 3.05) is 19.5 Å². The molecule has 0 aliphatic carbocycles. The molecule has 0 unspecified atom stereocenters. The molecule has 5 rings (SSSR count). The molecule has 36 heavy (non-hydrogen) atoms. The van der Waals surface area contributed by atoms with E-state index in [1.54, 1.807) is 24.3 Å². The highest BCUT2D eigenvalue weighted by Crippen LogP contribution is 2.45. The van der Waals surface area contributed by atoms with Crippen molar-refractivity contribution in [2.45, 2.75) is 18.6 Å². The number of hydrogen-bond acceptors (Lipinski definition) is 8. The normalized spacial score (nSPS) is 25.3. The van der Waals surface area contributed by atoms with Gasteiger partial charge in [-0.2, -0.15) is 0 Å². The van der Waals surface area contributed by atoms with Crippen molar-refractivity contribution in [2.24, 2.45) is 11.8 Å². The number of nitrogens with one attached hydrogen (secondary N) is 2. The molecule has 0 bridgehead atoms. The highest BCUT2D eigenvalue weighted by molar-refractivity contribution is 6.17. The highest BCUT2D eigenvalue weighted by atomic mass is 16.5. The number of anilines is 1. The number of hydrogen-bond donors (Lipinski definition) is 2. The highest BCUT2D eigenvalue weighted by Gasteiger charge is 2.60. The molecule has 2 fully saturated rings. The first-order chi connectivity index (χ1) is 17.3. The first kappa shape index (κ1) is 23.4. The lowest BCUT2D eigenvalue weighted by Gasteiger charge is -2.23. The average Bonchev–Trinajstić information content (AvgIpc) is 3.48. The van der Waals surface area contributed by atoms with Gasteiger partial charge >= 0.3 is 5.97 Å². The van der Waals surface area contributed by atoms with Crippen LogP contribution in [0, 0.1) is 11.8 Å². The van der Waals surface area contributed by atoms with Crippen LogP contribution in [0.2, 0.25) is 0 Å². The second kappa shape index (κ2) is 9.04. The van der Waals surface area contributed by atoms with Gasteiger partial charge in [0.2, 0.25) is 11.8 Å². The molecule has 0 aromatic heterocycles. The van der Waals surface area contributed by atoms with Crippen LogP contribution in [0.5, 0.6) is 0 Å². The summed E-state index contributed by atoms with van der Waals surface area (Å²) in [5, 5.41) is 6.14. The van der Waals surface area contributed by atoms with Crippen molar-refractivity contribution in [3.8, 4) is 0 Å². The number of carbonyl (C=O) groups is 5. The van der Waals surface area contributed by atoms with Gasteiger partial charge in [0, 0.05) is 24.9 Å². The number of benzene rings is 2. The van der Waals surface area contributed by atoms with Gasteiger partial charge in [0.1, 0.15) is 11.7 Å². The summed E-state index contributed by atoms with van der Waals surface area (Å²) in [6.45, 7) is 0.138. The molecule has 10 nitrogen and oxygen atoms in total. The molecule has 3 aliphatic heterocycles. The minimum absolute atomic E-state index is 0.0911. The van der Waals surface area contributed by atoms with E-state index >= 15 is 0 Å². The summed E-state index contributed by atoms with van der Waals surface area (Å²) in [5.74, 6) is -4.12. The zero-order valence-corrected chi connectivity index (χ0v) is 19.6. The minimum atomic E-state index is -0.991. The molecule has 4 amide bonds. The Morgan fingerprint density at radius 3 is 2.36 bits per heavy atom. The van der Waals surface area contributed by atoms with Crippen molar-refractivity contribution >= 4 is 35.3 Å². The van der Waals surface area contributed by atoms with Crippen LogP contribution in [0.25, 0.3) is 0 Å². The van der Waals surface area contributed by atoms with Crippen LogP contribution in [-0.2, 0) is 35.3 Å². The van der Waals surface area contributed by atoms with Crippen LogP contribution >= 0.6 is 0 Å². The second-order valence-corrected chi connectivity index (χ2v) is 8.92. The average molecular weight is 489 g/mol. The molecule has 2 aromatic carbocycles. The molecule has 2 N–H and O–H groups in total. The van der Waals surface area contributed by atoms with Crippen LogP contribution in [0.15, 0.2) is 66.4 Å². The van der Waals surface area contributed by atoms with E-state index < -0.39 is 53.5 Å². The van der Waals surface area contributed by atoms with Gasteiger partial charge in [-0.15, -0.1) is 0 Å². The molecule has 0 radical (unpaired) electrons. The van der Waals surface area contributed by atoms with Gasteiger partial charge in [0.15, 0.2) is 0 Å². The Morgan fingerprint density at radius 2 is 1.64 bits per heavy atom. The number of methoxy groups -OCH3 is 1. The standard InChI is InChI=1S/C26H24N4O6/c1-29-24(33)19-20(25(29)34)22(26(35)36-2)28-21(19)15-10-6-7-11-16(15)27-17-12-18(31)30(23(17)32)13-14-8-4-3-5-9-14/h3-12,19-22,27-28H,13H2,1-2H3/t19-,20+,21-,22+/m1/s1. The Hall–Kier alpha value is -4.31. The predicted octanol–water partition coefficient (Wildman–Crippen LogP) is 0.968. The summed E-state index contributed by atoms with van der Waals surface area (Å²) in [7, 11) is 2.62. The van der Waals surface area contributed by atoms with Crippen molar-refractivity contribution in [3.63, 3.8) is 0 Å². The summed E-state index contributed by atoms with van der Waals surface area (Å²) in [4.78, 5) is 66.0. The van der Waals surface area contributed by atoms with Gasteiger partial charge in [0.25, 0.3) is 11.8 Å². The summed E-state index contributed by atoms with van der Waals surface area (Å²) in [6.07, 6.45) is 1.24. The number of para-hydroxylation sites is 1. The fourth-order valence-corrected chi connectivity index (χ4v) is 5.13. The van der Waals surface area contributed by atoms with Crippen molar-refractivity contribution in [1.29, 1.82) is 0 Å². The van der Waals surface area contributed by atoms with Gasteiger partial charge in [-0.3, -0.25) is 39.1 Å². The van der Waals surface area contributed by atoms with Crippen molar-refractivity contribution in [1.82, 2.24) is 15.1 Å². The Labute approximate surface area is 206 Å². The zero-order valence-electron chi connectivity index (χ0n) is 19.6. The molecule has 2 saturated heterocycles. The summed E-state index contributed by atoms with van der Waals surface area (Å²) < 4.78 is 4.87. The molecule has 0 saturated carbocycles. The summed E-state index contributed by atoms with van der Waals surface area (Å²) in [6, 6.07) is 14.4. The van der Waals surface area contributed by atoms with Crippen LogP contribution in [-0.4, -0.2) is 59.6 Å². The molecular weight excluding hydrogens is 464 g/mol. The Balaban J connectivity index is 1.43. The fraction of sp³-hybridized carbons (Fsp3) is 0.269. The first-order valence-electron chi connectivity index (χ1n) is 11.4. The van der Waals surface area contributed by atoms with Gasteiger partial charge in [-0.25, -0.2) is 0 Å². The second-order valence-electron chi connectivity index (χ2n) is 8.92. The van der Waals surface area contributed by atoms with E-state index in [9.17, 15) is 24.0 Å². The Kier molecular flexibility index (Phi) is 5.89. The van der Waals surface area contributed by atoms with E-state index in [1.807, 2.05) is 30.3 Å². The molecule has 4 atom stereocenters. The summed E-state index contributed by atoms with van der Waals surface area (Å²) in [5.41, 5.74) is 1.97. The van der Waals surface area contributed by atoms with E-state index in [0.29, 0.717) is 11.3 Å². The van der Waals surface area contributed by atoms with Crippen molar-refractivity contribution in [3.05, 3.63) is 77.5 Å². The number of imide groups is 2. The van der Waals surface area contributed by atoms with Crippen LogP contribution in [0.4, 0.5) is 5.69 Å². The third kappa shape index (κ3) is 3.75. The van der Waals surface area contributed by atoms with E-state index in [0.717, 1.165) is 15.4 Å². The SMILES string of the molecule is COC(=O)[C@H]1N[C@H](c2ccccc2NC2=CC(=O)N(Cc3ccccc3)C2=O)[C@@H]2C(=O)N(C)C(=O)[C@@H]21. The van der Waals surface area contributed by atoms with E-state index in [2.05, 4.69) is 10.6 Å². The lowest BCUT2D eigenvalue weighted by molar-refractivity contribution is -0.147. The maximum atomic E-state index is 13.1. The Morgan fingerprint density at radius 1 is 0.972 bits per heavy atom. The fourth-order valence-electron chi connectivity index (χ4n) is 5.13. The Bertz CT molecular complexity index is 1310. The monoisotopic (exact) mass is 488 g/mol. The van der Waals surface area contributed by atoms with Gasteiger partial charge in [-0.1, -0.05) is 48.5 Å². The minimum Gasteiger partial charge on any atom is -0.468 e. The maximum absolute atomic E-state index is 13.1.